The lowest BCUT2D eigenvalue weighted by Crippen LogP contribution is -2.14. The van der Waals surface area contributed by atoms with E-state index in [1.54, 1.807) is 0 Å². The highest BCUT2D eigenvalue weighted by atomic mass is 16.5. The molecule has 0 aliphatic rings. The minimum absolute atomic E-state index is 0.291. The maximum Gasteiger partial charge on any atom is 0.0882 e. The van der Waals surface area contributed by atoms with Crippen LogP contribution in [0, 0.1) is 12.3 Å². The van der Waals surface area contributed by atoms with Gasteiger partial charge in [-0.25, -0.2) is 0 Å². The Morgan fingerprint density at radius 2 is 2.07 bits per heavy atom. The normalized spacial score (nSPS) is 12.0. The SMILES string of the molecule is C#CCC(O)COCc1ccccc1. The molecule has 0 heterocycles. The Hall–Kier alpha value is -1.30. The summed E-state index contributed by atoms with van der Waals surface area (Å²) in [5.41, 5.74) is 1.10. The Balaban J connectivity index is 2.19. The van der Waals surface area contributed by atoms with Crippen LogP contribution < -0.4 is 0 Å². The van der Waals surface area contributed by atoms with Gasteiger partial charge in [0, 0.05) is 6.42 Å². The number of ether oxygens (including phenoxy) is 1. The van der Waals surface area contributed by atoms with Gasteiger partial charge < -0.3 is 9.84 Å². The van der Waals surface area contributed by atoms with Crippen LogP contribution in [-0.2, 0) is 11.3 Å². The van der Waals surface area contributed by atoms with E-state index in [9.17, 15) is 5.11 Å². The summed E-state index contributed by atoms with van der Waals surface area (Å²) in [6, 6.07) is 9.82. The number of aliphatic hydroxyl groups is 1. The molecule has 1 atom stereocenters. The zero-order chi connectivity index (χ0) is 10.2. The van der Waals surface area contributed by atoms with Gasteiger partial charge in [0.25, 0.3) is 0 Å². The van der Waals surface area contributed by atoms with E-state index in [2.05, 4.69) is 5.92 Å². The van der Waals surface area contributed by atoms with Gasteiger partial charge in [0.2, 0.25) is 0 Å². The Morgan fingerprint density at radius 1 is 1.36 bits per heavy atom. The van der Waals surface area contributed by atoms with Crippen molar-refractivity contribution >= 4 is 0 Å². The largest absolute Gasteiger partial charge is 0.390 e. The molecule has 0 aliphatic heterocycles. The minimum Gasteiger partial charge on any atom is -0.390 e. The Morgan fingerprint density at radius 3 is 2.71 bits per heavy atom. The molecule has 0 aromatic heterocycles. The monoisotopic (exact) mass is 190 g/mol. The van der Waals surface area contributed by atoms with Crippen molar-refractivity contribution in [1.29, 1.82) is 0 Å². The molecule has 0 radical (unpaired) electrons. The molecule has 1 N–H and O–H groups in total. The first-order valence-corrected chi connectivity index (χ1v) is 4.56. The van der Waals surface area contributed by atoms with Crippen LogP contribution in [0.1, 0.15) is 12.0 Å². The van der Waals surface area contributed by atoms with Crippen LogP contribution in [0.3, 0.4) is 0 Å². The van der Waals surface area contributed by atoms with E-state index in [4.69, 9.17) is 11.2 Å². The fourth-order valence-corrected chi connectivity index (χ4v) is 1.08. The molecule has 0 saturated carbocycles. The van der Waals surface area contributed by atoms with E-state index in [1.165, 1.54) is 0 Å². The van der Waals surface area contributed by atoms with Crippen LogP contribution in [-0.4, -0.2) is 17.8 Å². The Kier molecular flexibility index (Phi) is 4.77. The second-order valence-electron chi connectivity index (χ2n) is 3.06. The summed E-state index contributed by atoms with van der Waals surface area (Å²) >= 11 is 0. The second-order valence-corrected chi connectivity index (χ2v) is 3.06. The van der Waals surface area contributed by atoms with Crippen molar-refractivity contribution in [2.24, 2.45) is 0 Å². The van der Waals surface area contributed by atoms with E-state index >= 15 is 0 Å². The first-order chi connectivity index (χ1) is 6.83. The van der Waals surface area contributed by atoms with Crippen molar-refractivity contribution in [1.82, 2.24) is 0 Å². The van der Waals surface area contributed by atoms with Crippen molar-refractivity contribution in [2.45, 2.75) is 19.1 Å². The minimum atomic E-state index is -0.552. The summed E-state index contributed by atoms with van der Waals surface area (Å²) in [6.07, 6.45) is 4.84. The third-order valence-corrected chi connectivity index (χ3v) is 1.78. The van der Waals surface area contributed by atoms with Crippen molar-refractivity contribution in [2.75, 3.05) is 6.61 Å². The fourth-order valence-electron chi connectivity index (χ4n) is 1.08. The van der Waals surface area contributed by atoms with Crippen LogP contribution >= 0.6 is 0 Å². The maximum atomic E-state index is 9.26. The number of hydrogen-bond acceptors (Lipinski definition) is 2. The van der Waals surface area contributed by atoms with Gasteiger partial charge in [-0.3, -0.25) is 0 Å². The molecular weight excluding hydrogens is 176 g/mol. The van der Waals surface area contributed by atoms with E-state index in [1.807, 2.05) is 30.3 Å². The van der Waals surface area contributed by atoms with Crippen molar-refractivity contribution in [3.05, 3.63) is 35.9 Å². The van der Waals surface area contributed by atoms with Gasteiger partial charge in [-0.05, 0) is 5.56 Å². The molecule has 1 aromatic carbocycles. The van der Waals surface area contributed by atoms with Crippen LogP contribution in [0.5, 0.6) is 0 Å². The van der Waals surface area contributed by atoms with E-state index < -0.39 is 6.10 Å². The van der Waals surface area contributed by atoms with Crippen LogP contribution in [0.15, 0.2) is 30.3 Å². The van der Waals surface area contributed by atoms with E-state index in [0.29, 0.717) is 19.6 Å². The smallest absolute Gasteiger partial charge is 0.0882 e. The van der Waals surface area contributed by atoms with Gasteiger partial charge in [-0.15, -0.1) is 12.3 Å². The molecule has 1 rings (SSSR count). The predicted octanol–water partition coefficient (Wildman–Crippen LogP) is 1.59. The summed E-state index contributed by atoms with van der Waals surface area (Å²) in [6.45, 7) is 0.807. The zero-order valence-corrected chi connectivity index (χ0v) is 8.02. The van der Waals surface area contributed by atoms with Crippen molar-refractivity contribution in [3.63, 3.8) is 0 Å². The third kappa shape index (κ3) is 4.08. The quantitative estimate of drug-likeness (QED) is 0.714. The van der Waals surface area contributed by atoms with Crippen molar-refractivity contribution in [3.8, 4) is 12.3 Å². The van der Waals surface area contributed by atoms with E-state index in [0.717, 1.165) is 5.56 Å². The molecule has 2 nitrogen and oxygen atoms in total. The van der Waals surface area contributed by atoms with E-state index in [-0.39, 0.29) is 0 Å². The average molecular weight is 190 g/mol. The van der Waals surface area contributed by atoms with Crippen LogP contribution in [0.2, 0.25) is 0 Å². The molecule has 1 aromatic rings. The molecular formula is C12H14O2. The van der Waals surface area contributed by atoms with Gasteiger partial charge in [0.05, 0.1) is 19.3 Å². The van der Waals surface area contributed by atoms with Crippen LogP contribution in [0.4, 0.5) is 0 Å². The first-order valence-electron chi connectivity index (χ1n) is 4.56. The highest BCUT2D eigenvalue weighted by Gasteiger charge is 2.01. The summed E-state index contributed by atoms with van der Waals surface area (Å²) < 4.78 is 5.29. The maximum absolute atomic E-state index is 9.26. The molecule has 0 saturated heterocycles. The molecule has 2 heteroatoms. The Labute approximate surface area is 84.5 Å². The van der Waals surface area contributed by atoms with Gasteiger partial charge in [0.15, 0.2) is 0 Å². The molecule has 0 bridgehead atoms. The lowest BCUT2D eigenvalue weighted by atomic mass is 10.2. The summed E-state index contributed by atoms with van der Waals surface area (Å²) in [4.78, 5) is 0. The molecule has 1 unspecified atom stereocenters. The zero-order valence-electron chi connectivity index (χ0n) is 8.02. The highest BCUT2D eigenvalue weighted by molar-refractivity contribution is 5.13. The van der Waals surface area contributed by atoms with Crippen molar-refractivity contribution < 1.29 is 9.84 Å². The lowest BCUT2D eigenvalue weighted by molar-refractivity contribution is 0.0311. The van der Waals surface area contributed by atoms with Gasteiger partial charge >= 0.3 is 0 Å². The number of rotatable bonds is 5. The Bertz CT molecular complexity index is 287. The first kappa shape index (κ1) is 10.8. The number of terminal acetylenes is 1. The summed E-state index contributed by atoms with van der Waals surface area (Å²) in [7, 11) is 0. The van der Waals surface area contributed by atoms with Gasteiger partial charge in [0.1, 0.15) is 0 Å². The number of benzene rings is 1. The average Bonchev–Trinajstić information content (AvgIpc) is 2.20. The molecule has 0 fully saturated rings. The topological polar surface area (TPSA) is 29.5 Å². The molecule has 14 heavy (non-hydrogen) atoms. The highest BCUT2D eigenvalue weighted by Crippen LogP contribution is 2.01. The third-order valence-electron chi connectivity index (χ3n) is 1.78. The number of hydrogen-bond donors (Lipinski definition) is 1. The fraction of sp³-hybridized carbons (Fsp3) is 0.333. The van der Waals surface area contributed by atoms with Gasteiger partial charge in [-0.2, -0.15) is 0 Å². The number of aliphatic hydroxyl groups excluding tert-OH is 1. The molecule has 0 amide bonds. The second kappa shape index (κ2) is 6.20. The lowest BCUT2D eigenvalue weighted by Gasteiger charge is -2.07. The van der Waals surface area contributed by atoms with Crippen LogP contribution in [0.25, 0.3) is 0 Å². The molecule has 0 aliphatic carbocycles. The predicted molar refractivity (Wildman–Crippen MR) is 55.6 cm³/mol. The van der Waals surface area contributed by atoms with Gasteiger partial charge in [-0.1, -0.05) is 30.3 Å². The molecule has 0 spiro atoms. The summed E-state index contributed by atoms with van der Waals surface area (Å²) in [5.74, 6) is 2.39. The molecule has 74 valence electrons. The standard InChI is InChI=1S/C12H14O2/c1-2-6-12(13)10-14-9-11-7-4-3-5-8-11/h1,3-5,7-8,12-13H,6,9-10H2. The summed E-state index contributed by atoms with van der Waals surface area (Å²) in [5, 5.41) is 9.26.